The van der Waals surface area contributed by atoms with Crippen molar-refractivity contribution >= 4 is 24.7 Å². The molecule has 1 atom stereocenters. The van der Waals surface area contributed by atoms with Gasteiger partial charge in [-0.15, -0.1) is 0 Å². The number of hydrogen-bond acceptors (Lipinski definition) is 5. The van der Waals surface area contributed by atoms with E-state index in [1.165, 1.54) is 24.3 Å². The van der Waals surface area contributed by atoms with Crippen LogP contribution >= 0.6 is 0 Å². The van der Waals surface area contributed by atoms with Gasteiger partial charge in [0, 0.05) is 0 Å². The molecule has 5 nitrogen and oxygen atoms in total. The molecule has 0 amide bonds. The van der Waals surface area contributed by atoms with E-state index >= 15 is 0 Å². The Labute approximate surface area is 143 Å². The smallest absolute Gasteiger partial charge is 0.339 e. The quantitative estimate of drug-likeness (QED) is 0.427. The van der Waals surface area contributed by atoms with E-state index in [1.54, 1.807) is 30.3 Å². The van der Waals surface area contributed by atoms with Gasteiger partial charge in [-0.05, 0) is 49.5 Å². The van der Waals surface area contributed by atoms with E-state index in [9.17, 15) is 13.2 Å². The molecule has 0 heterocycles. The van der Waals surface area contributed by atoms with Crippen LogP contribution < -0.4 is 4.18 Å². The van der Waals surface area contributed by atoms with Gasteiger partial charge in [-0.2, -0.15) is 8.42 Å². The lowest BCUT2D eigenvalue weighted by molar-refractivity contribution is -0.114. The van der Waals surface area contributed by atoms with E-state index in [-0.39, 0.29) is 10.6 Å². The summed E-state index contributed by atoms with van der Waals surface area (Å²) in [6.45, 7) is 5.98. The van der Waals surface area contributed by atoms with E-state index in [0.717, 1.165) is 6.29 Å². The number of aldehydes is 1. The minimum atomic E-state index is -3.87. The lowest BCUT2D eigenvalue weighted by atomic mass is 10.1. The van der Waals surface area contributed by atoms with Crippen LogP contribution in [0.3, 0.4) is 0 Å². The Morgan fingerprint density at radius 3 is 2.04 bits per heavy atom. The summed E-state index contributed by atoms with van der Waals surface area (Å²) < 4.78 is 35.2. The molecule has 0 aliphatic carbocycles. The van der Waals surface area contributed by atoms with Crippen molar-refractivity contribution in [2.75, 3.05) is 0 Å². The molecule has 0 N–H and O–H groups in total. The molecule has 0 radical (unpaired) electrons. The fourth-order valence-corrected chi connectivity index (χ4v) is 3.93. The van der Waals surface area contributed by atoms with Crippen molar-refractivity contribution in [3.63, 3.8) is 0 Å². The summed E-state index contributed by atoms with van der Waals surface area (Å²) >= 11 is 0. The Morgan fingerprint density at radius 1 is 0.958 bits per heavy atom. The zero-order valence-electron chi connectivity index (χ0n) is 13.8. The molecule has 0 aromatic heterocycles. The van der Waals surface area contributed by atoms with Gasteiger partial charge in [0.15, 0.2) is 14.6 Å². The van der Waals surface area contributed by atoms with Crippen LogP contribution in [0.25, 0.3) is 0 Å². The normalized spacial score (nSPS) is 13.3. The fourth-order valence-electron chi connectivity index (χ4n) is 2.03. The van der Waals surface area contributed by atoms with E-state index in [2.05, 4.69) is 0 Å². The topological polar surface area (TPSA) is 69.7 Å². The van der Waals surface area contributed by atoms with Crippen molar-refractivity contribution in [2.45, 2.75) is 30.6 Å². The van der Waals surface area contributed by atoms with Gasteiger partial charge >= 0.3 is 10.1 Å². The first-order valence-corrected chi connectivity index (χ1v) is 12.3. The predicted octanol–water partition coefficient (Wildman–Crippen LogP) is 3.55. The van der Waals surface area contributed by atoms with Gasteiger partial charge in [0.05, 0.1) is 0 Å². The van der Waals surface area contributed by atoms with Crippen LogP contribution in [0.15, 0.2) is 59.5 Å². The maximum Gasteiger partial charge on any atom is 0.339 e. The van der Waals surface area contributed by atoms with Crippen LogP contribution in [0.2, 0.25) is 19.6 Å². The van der Waals surface area contributed by atoms with E-state index in [0.29, 0.717) is 5.56 Å². The average molecular weight is 364 g/mol. The second kappa shape index (κ2) is 7.29. The predicted molar refractivity (Wildman–Crippen MR) is 93.9 cm³/mol. The summed E-state index contributed by atoms with van der Waals surface area (Å²) in [5.41, 5.74) is 0.664. The Kier molecular flexibility index (Phi) is 5.58. The fraction of sp³-hybridized carbons (Fsp3) is 0.235. The summed E-state index contributed by atoms with van der Waals surface area (Å²) in [5.74, 6) is 0.181. The third kappa shape index (κ3) is 5.02. The van der Waals surface area contributed by atoms with Crippen molar-refractivity contribution in [1.29, 1.82) is 0 Å². The number of carbonyl (C=O) groups is 1. The molecule has 7 heteroatoms. The summed E-state index contributed by atoms with van der Waals surface area (Å²) in [6, 6.07) is 14.2. The molecular formula is C17H20O5SSi. The van der Waals surface area contributed by atoms with Crippen LogP contribution in [0.5, 0.6) is 5.75 Å². The van der Waals surface area contributed by atoms with Gasteiger partial charge in [0.2, 0.25) is 0 Å². The molecule has 2 aromatic rings. The second-order valence-corrected chi connectivity index (χ2v) is 12.2. The molecule has 2 aromatic carbocycles. The van der Waals surface area contributed by atoms with Gasteiger partial charge in [-0.3, -0.25) is 0 Å². The molecule has 0 bridgehead atoms. The molecule has 1 unspecified atom stereocenters. The highest BCUT2D eigenvalue weighted by molar-refractivity contribution is 7.87. The highest BCUT2D eigenvalue weighted by Gasteiger charge is 2.22. The van der Waals surface area contributed by atoms with Gasteiger partial charge in [0.25, 0.3) is 0 Å². The Bertz CT molecular complexity index is 780. The van der Waals surface area contributed by atoms with Gasteiger partial charge in [0.1, 0.15) is 16.7 Å². The highest BCUT2D eigenvalue weighted by Crippen LogP contribution is 2.24. The Hall–Kier alpha value is -1.96. The number of hydrogen-bond donors (Lipinski definition) is 0. The highest BCUT2D eigenvalue weighted by atomic mass is 32.2. The molecule has 0 aliphatic heterocycles. The molecule has 0 saturated carbocycles. The molecule has 2 rings (SSSR count). The molecule has 128 valence electrons. The van der Waals surface area contributed by atoms with Crippen LogP contribution in [-0.4, -0.2) is 23.0 Å². The molecule has 0 saturated heterocycles. The molecule has 0 fully saturated rings. The van der Waals surface area contributed by atoms with E-state index in [1.807, 2.05) is 19.6 Å². The summed E-state index contributed by atoms with van der Waals surface area (Å²) in [7, 11) is -5.75. The summed E-state index contributed by atoms with van der Waals surface area (Å²) in [4.78, 5) is 11.3. The third-order valence-corrected chi connectivity index (χ3v) is 5.27. The average Bonchev–Trinajstić information content (AvgIpc) is 2.53. The Morgan fingerprint density at radius 2 is 1.54 bits per heavy atom. The zero-order valence-corrected chi connectivity index (χ0v) is 15.6. The van der Waals surface area contributed by atoms with Crippen molar-refractivity contribution in [3.05, 3.63) is 60.2 Å². The summed E-state index contributed by atoms with van der Waals surface area (Å²) in [6.07, 6.45) is 0.0888. The zero-order chi connectivity index (χ0) is 17.8. The molecule has 0 aliphatic rings. The third-order valence-electron chi connectivity index (χ3n) is 3.05. The first-order chi connectivity index (χ1) is 11.2. The minimum Gasteiger partial charge on any atom is -0.404 e. The van der Waals surface area contributed by atoms with Gasteiger partial charge in [-0.1, -0.05) is 30.3 Å². The van der Waals surface area contributed by atoms with Crippen molar-refractivity contribution in [1.82, 2.24) is 0 Å². The van der Waals surface area contributed by atoms with Crippen molar-refractivity contribution in [2.24, 2.45) is 0 Å². The first kappa shape index (κ1) is 18.4. The summed E-state index contributed by atoms with van der Waals surface area (Å²) in [5, 5.41) is 0. The number of benzene rings is 2. The lowest BCUT2D eigenvalue weighted by Gasteiger charge is -2.22. The standard InChI is InChI=1S/C17H20O5SSi/c1-24(2,3)22-17(13-18)14-9-11-15(12-10-14)21-23(19,20)16-7-5-4-6-8-16/h4-13,17H,1-3H3. The van der Waals surface area contributed by atoms with E-state index < -0.39 is 24.5 Å². The second-order valence-electron chi connectivity index (χ2n) is 6.21. The van der Waals surface area contributed by atoms with Gasteiger partial charge in [-0.25, -0.2) is 0 Å². The SMILES string of the molecule is C[Si](C)(C)OC(C=O)c1ccc(OS(=O)(=O)c2ccccc2)cc1. The molecular weight excluding hydrogens is 344 g/mol. The van der Waals surface area contributed by atoms with Crippen molar-refractivity contribution < 1.29 is 21.8 Å². The van der Waals surface area contributed by atoms with Crippen molar-refractivity contribution in [3.8, 4) is 5.75 Å². The van der Waals surface area contributed by atoms with E-state index in [4.69, 9.17) is 8.61 Å². The maximum absolute atomic E-state index is 12.2. The maximum atomic E-state index is 12.2. The lowest BCUT2D eigenvalue weighted by Crippen LogP contribution is -2.28. The Balaban J connectivity index is 2.16. The number of rotatable bonds is 7. The largest absolute Gasteiger partial charge is 0.404 e. The van der Waals surface area contributed by atoms with Crippen LogP contribution in [0, 0.1) is 0 Å². The molecule has 0 spiro atoms. The minimum absolute atomic E-state index is 0.0851. The molecule has 24 heavy (non-hydrogen) atoms. The van der Waals surface area contributed by atoms with Gasteiger partial charge < -0.3 is 13.4 Å². The van der Waals surface area contributed by atoms with Crippen LogP contribution in [0.4, 0.5) is 0 Å². The monoisotopic (exact) mass is 364 g/mol. The first-order valence-electron chi connectivity index (χ1n) is 7.44. The van der Waals surface area contributed by atoms with Crippen LogP contribution in [-0.2, 0) is 19.3 Å². The number of carbonyl (C=O) groups excluding carboxylic acids is 1. The van der Waals surface area contributed by atoms with Crippen LogP contribution in [0.1, 0.15) is 11.7 Å².